The smallest absolute Gasteiger partial charge is 0.300 e. The molecule has 1 aromatic heterocycles. The molecule has 2 aromatic carbocycles. The Bertz CT molecular complexity index is 1250. The van der Waals surface area contributed by atoms with E-state index in [9.17, 15) is 14.4 Å². The van der Waals surface area contributed by atoms with Crippen molar-refractivity contribution in [3.05, 3.63) is 87.1 Å². The van der Waals surface area contributed by atoms with Crippen LogP contribution in [0.2, 0.25) is 0 Å². The molecule has 0 saturated carbocycles. The minimum Gasteiger partial charge on any atom is -0.481 e. The quantitative estimate of drug-likeness (QED) is 0.282. The maximum atomic E-state index is 12.5. The fraction of sp³-hybridized carbons (Fsp3) is 0.310. The SMILES string of the molecule is CC(=O)Nc1ccc(CN(C)Cc2ccc(C(=O)NCC(=O)CSCc3ccccc3C)s2)cc1.CC(=O)O. The summed E-state index contributed by atoms with van der Waals surface area (Å²) in [6, 6.07) is 19.7. The van der Waals surface area contributed by atoms with Crippen LogP contribution >= 0.6 is 23.1 Å². The van der Waals surface area contributed by atoms with Gasteiger partial charge in [-0.3, -0.25) is 24.1 Å². The molecule has 0 spiro atoms. The van der Waals surface area contributed by atoms with Gasteiger partial charge < -0.3 is 15.7 Å². The van der Waals surface area contributed by atoms with Crippen LogP contribution in [0.3, 0.4) is 0 Å². The van der Waals surface area contributed by atoms with Crippen LogP contribution in [-0.4, -0.2) is 52.9 Å². The van der Waals surface area contributed by atoms with Crippen molar-refractivity contribution >= 4 is 52.4 Å². The predicted octanol–water partition coefficient (Wildman–Crippen LogP) is 4.97. The lowest BCUT2D eigenvalue weighted by Gasteiger charge is -2.16. The van der Waals surface area contributed by atoms with Crippen LogP contribution < -0.4 is 10.6 Å². The number of aryl methyl sites for hydroxylation is 1. The van der Waals surface area contributed by atoms with Crippen molar-refractivity contribution in [2.45, 2.75) is 39.6 Å². The van der Waals surface area contributed by atoms with Gasteiger partial charge in [0.15, 0.2) is 5.78 Å². The van der Waals surface area contributed by atoms with E-state index in [-0.39, 0.29) is 24.1 Å². The second-order valence-corrected chi connectivity index (χ2v) is 11.1. The summed E-state index contributed by atoms with van der Waals surface area (Å²) >= 11 is 3.01. The van der Waals surface area contributed by atoms with Gasteiger partial charge in [-0.25, -0.2) is 0 Å². The number of carboxylic acids is 1. The second kappa shape index (κ2) is 16.5. The monoisotopic (exact) mass is 569 g/mol. The molecule has 0 aliphatic carbocycles. The Morgan fingerprint density at radius 2 is 1.62 bits per heavy atom. The Kier molecular flexibility index (Phi) is 13.4. The second-order valence-electron chi connectivity index (χ2n) is 8.98. The first-order chi connectivity index (χ1) is 18.5. The highest BCUT2D eigenvalue weighted by molar-refractivity contribution is 7.99. The van der Waals surface area contributed by atoms with Crippen LogP contribution in [0.15, 0.2) is 60.7 Å². The lowest BCUT2D eigenvalue weighted by Crippen LogP contribution is -2.29. The molecule has 208 valence electrons. The van der Waals surface area contributed by atoms with Gasteiger partial charge in [-0.15, -0.1) is 23.1 Å². The van der Waals surface area contributed by atoms with E-state index >= 15 is 0 Å². The molecule has 0 unspecified atom stereocenters. The summed E-state index contributed by atoms with van der Waals surface area (Å²) in [5, 5.41) is 12.9. The van der Waals surface area contributed by atoms with Gasteiger partial charge in [0, 0.05) is 43.3 Å². The molecule has 10 heteroatoms. The molecule has 0 radical (unpaired) electrons. The molecule has 2 amide bonds. The van der Waals surface area contributed by atoms with E-state index in [0.29, 0.717) is 17.2 Å². The number of ketones is 1. The summed E-state index contributed by atoms with van der Waals surface area (Å²) in [6.45, 7) is 6.13. The van der Waals surface area contributed by atoms with Crippen LogP contribution in [0.5, 0.6) is 0 Å². The number of thioether (sulfide) groups is 1. The summed E-state index contributed by atoms with van der Waals surface area (Å²) in [5.74, 6) is 0.0376. The third-order valence-corrected chi connectivity index (χ3v) is 7.38. The van der Waals surface area contributed by atoms with Crippen LogP contribution in [0.4, 0.5) is 5.69 Å². The number of thiophene rings is 1. The molecule has 0 fully saturated rings. The zero-order valence-electron chi connectivity index (χ0n) is 22.7. The van der Waals surface area contributed by atoms with Gasteiger partial charge in [0.1, 0.15) is 0 Å². The number of carbonyl (C=O) groups is 4. The predicted molar refractivity (Wildman–Crippen MR) is 158 cm³/mol. The molecule has 0 saturated heterocycles. The number of carbonyl (C=O) groups excluding carboxylic acids is 3. The number of nitrogens with zero attached hydrogens (tertiary/aromatic N) is 1. The van der Waals surface area contributed by atoms with Crippen LogP contribution in [0, 0.1) is 6.92 Å². The highest BCUT2D eigenvalue weighted by Gasteiger charge is 2.12. The molecule has 3 N–H and O–H groups in total. The summed E-state index contributed by atoms with van der Waals surface area (Å²) < 4.78 is 0. The average Bonchev–Trinajstić information content (AvgIpc) is 3.32. The fourth-order valence-electron chi connectivity index (χ4n) is 3.48. The molecule has 1 heterocycles. The largest absolute Gasteiger partial charge is 0.481 e. The number of anilines is 1. The van der Waals surface area contributed by atoms with Crippen molar-refractivity contribution in [1.29, 1.82) is 0 Å². The number of carboxylic acid groups (broad SMARTS) is 1. The number of amides is 2. The number of benzene rings is 2. The molecule has 0 atom stereocenters. The van der Waals surface area contributed by atoms with E-state index in [1.54, 1.807) is 11.8 Å². The summed E-state index contributed by atoms with van der Waals surface area (Å²) in [5.41, 5.74) is 4.36. The van der Waals surface area contributed by atoms with Gasteiger partial charge in [0.25, 0.3) is 11.9 Å². The highest BCUT2D eigenvalue weighted by atomic mass is 32.2. The highest BCUT2D eigenvalue weighted by Crippen LogP contribution is 2.20. The minimum absolute atomic E-state index is 0.0120. The molecule has 0 aliphatic heterocycles. The van der Waals surface area contributed by atoms with Crippen molar-refractivity contribution in [1.82, 2.24) is 10.2 Å². The maximum absolute atomic E-state index is 12.5. The summed E-state index contributed by atoms with van der Waals surface area (Å²) in [6.07, 6.45) is 0. The van der Waals surface area contributed by atoms with Gasteiger partial charge in [-0.2, -0.15) is 0 Å². The average molecular weight is 570 g/mol. The minimum atomic E-state index is -0.833. The Hall–Kier alpha value is -3.47. The van der Waals surface area contributed by atoms with Crippen LogP contribution in [-0.2, 0) is 33.2 Å². The van der Waals surface area contributed by atoms with Gasteiger partial charge in [0.05, 0.1) is 17.2 Å². The molecule has 8 nitrogen and oxygen atoms in total. The number of nitrogens with one attached hydrogen (secondary N) is 2. The van der Waals surface area contributed by atoms with Crippen molar-refractivity contribution in [3.63, 3.8) is 0 Å². The zero-order chi connectivity index (χ0) is 28.8. The topological polar surface area (TPSA) is 116 Å². The first-order valence-electron chi connectivity index (χ1n) is 12.3. The normalized spacial score (nSPS) is 10.4. The maximum Gasteiger partial charge on any atom is 0.300 e. The lowest BCUT2D eigenvalue weighted by atomic mass is 10.1. The van der Waals surface area contributed by atoms with Gasteiger partial charge in [-0.1, -0.05) is 36.4 Å². The fourth-order valence-corrected chi connectivity index (χ4v) is 5.46. The third kappa shape index (κ3) is 12.8. The van der Waals surface area contributed by atoms with Crippen molar-refractivity contribution in [2.75, 3.05) is 24.7 Å². The van der Waals surface area contributed by atoms with E-state index in [4.69, 9.17) is 9.90 Å². The first kappa shape index (κ1) is 31.7. The van der Waals surface area contributed by atoms with Crippen molar-refractivity contribution < 1.29 is 24.3 Å². The Morgan fingerprint density at radius 3 is 2.26 bits per heavy atom. The van der Waals surface area contributed by atoms with E-state index in [2.05, 4.69) is 34.6 Å². The van der Waals surface area contributed by atoms with E-state index in [0.717, 1.165) is 35.3 Å². The Morgan fingerprint density at radius 1 is 0.949 bits per heavy atom. The molecular weight excluding hydrogens is 534 g/mol. The number of hydrogen-bond donors (Lipinski definition) is 3. The van der Waals surface area contributed by atoms with Crippen molar-refractivity contribution in [2.24, 2.45) is 0 Å². The molecule has 0 bridgehead atoms. The summed E-state index contributed by atoms with van der Waals surface area (Å²) in [7, 11) is 2.02. The number of Topliss-reactive ketones (excluding diaryl/α,β-unsaturated/α-hetero) is 1. The molecule has 0 aliphatic rings. The lowest BCUT2D eigenvalue weighted by molar-refractivity contribution is -0.134. The number of hydrogen-bond acceptors (Lipinski definition) is 7. The number of aliphatic carboxylic acids is 1. The van der Waals surface area contributed by atoms with E-state index < -0.39 is 5.97 Å². The standard InChI is InChI=1S/C27H31N3O3S2.C2H4O2/c1-19-6-4-5-7-22(19)17-34-18-24(32)14-28-27(33)26-13-12-25(35-26)16-30(3)15-21-8-10-23(11-9-21)29-20(2)31;1-2(3)4/h4-13H,14-18H2,1-3H3,(H,28,33)(H,29,31);1H3,(H,3,4). The number of rotatable bonds is 12. The van der Waals surface area contributed by atoms with E-state index in [1.165, 1.54) is 29.4 Å². The first-order valence-corrected chi connectivity index (χ1v) is 14.3. The zero-order valence-corrected chi connectivity index (χ0v) is 24.3. The van der Waals surface area contributed by atoms with E-state index in [1.807, 2.05) is 55.6 Å². The van der Waals surface area contributed by atoms with Gasteiger partial charge in [0.2, 0.25) is 5.91 Å². The van der Waals surface area contributed by atoms with Crippen LogP contribution in [0.1, 0.15) is 45.1 Å². The Labute approximate surface area is 237 Å². The summed E-state index contributed by atoms with van der Waals surface area (Å²) in [4.78, 5) is 48.7. The molecule has 3 aromatic rings. The molecule has 39 heavy (non-hydrogen) atoms. The van der Waals surface area contributed by atoms with Crippen molar-refractivity contribution in [3.8, 4) is 0 Å². The van der Waals surface area contributed by atoms with Gasteiger partial charge in [-0.05, 0) is 54.9 Å². The molecule has 3 rings (SSSR count). The van der Waals surface area contributed by atoms with Gasteiger partial charge >= 0.3 is 0 Å². The molecular formula is C29H35N3O5S2. The van der Waals surface area contributed by atoms with Crippen LogP contribution in [0.25, 0.3) is 0 Å². The third-order valence-electron chi connectivity index (χ3n) is 5.27. The Balaban J connectivity index is 0.00000124.